The third-order valence-corrected chi connectivity index (χ3v) is 6.38. The number of amidine groups is 1. The van der Waals surface area contributed by atoms with Crippen LogP contribution in [0.3, 0.4) is 0 Å². The molecule has 2 aliphatic rings. The van der Waals surface area contributed by atoms with Crippen LogP contribution in [0.4, 0.5) is 11.4 Å². The highest BCUT2D eigenvalue weighted by Crippen LogP contribution is 2.40. The summed E-state index contributed by atoms with van der Waals surface area (Å²) in [7, 11) is 0. The number of carbonyl (C=O) groups is 2. The van der Waals surface area contributed by atoms with Crippen LogP contribution in [0.1, 0.15) is 36.0 Å². The van der Waals surface area contributed by atoms with E-state index in [0.29, 0.717) is 0 Å². The summed E-state index contributed by atoms with van der Waals surface area (Å²) in [6.07, 6.45) is 2.15. The van der Waals surface area contributed by atoms with Crippen LogP contribution in [0.5, 0.6) is 0 Å². The van der Waals surface area contributed by atoms with Crippen molar-refractivity contribution in [2.45, 2.75) is 51.3 Å². The molecule has 2 amide bonds. The Morgan fingerprint density at radius 2 is 1.76 bits per heavy atom. The Hall–Kier alpha value is -2.60. The van der Waals surface area contributed by atoms with Crippen molar-refractivity contribution in [3.05, 3.63) is 59.2 Å². The topological polar surface area (TPSA) is 61.8 Å². The second kappa shape index (κ2) is 8.03. The van der Waals surface area contributed by atoms with Crippen molar-refractivity contribution in [3.8, 4) is 0 Å². The third-order valence-electron chi connectivity index (χ3n) is 5.23. The van der Waals surface area contributed by atoms with Gasteiger partial charge in [-0.15, -0.1) is 0 Å². The SMILES string of the molecule is Cc1ccc(NC(=O)CC2SC(=Nc3c(C)cccc3C)N(C3CC3)C2=O)cc1. The maximum Gasteiger partial charge on any atom is 0.242 e. The number of thioether (sulfide) groups is 1. The fourth-order valence-electron chi connectivity index (χ4n) is 3.46. The molecule has 2 aromatic rings. The summed E-state index contributed by atoms with van der Waals surface area (Å²) in [5.74, 6) is -0.148. The van der Waals surface area contributed by atoms with Crippen molar-refractivity contribution >= 4 is 40.1 Å². The molecule has 1 saturated heterocycles. The van der Waals surface area contributed by atoms with E-state index in [1.807, 2.05) is 68.1 Å². The highest BCUT2D eigenvalue weighted by atomic mass is 32.2. The number of hydrogen-bond acceptors (Lipinski definition) is 4. The minimum Gasteiger partial charge on any atom is -0.326 e. The van der Waals surface area contributed by atoms with E-state index in [9.17, 15) is 9.59 Å². The molecule has 1 atom stereocenters. The number of nitrogens with zero attached hydrogens (tertiary/aromatic N) is 2. The van der Waals surface area contributed by atoms with Gasteiger partial charge in [-0.3, -0.25) is 14.5 Å². The summed E-state index contributed by atoms with van der Waals surface area (Å²) < 4.78 is 0. The van der Waals surface area contributed by atoms with Gasteiger partial charge in [-0.2, -0.15) is 0 Å². The second-order valence-electron chi connectivity index (χ2n) is 7.80. The van der Waals surface area contributed by atoms with Crippen LogP contribution < -0.4 is 5.32 Å². The van der Waals surface area contributed by atoms with Crippen molar-refractivity contribution in [2.75, 3.05) is 5.32 Å². The van der Waals surface area contributed by atoms with Gasteiger partial charge in [0.2, 0.25) is 11.8 Å². The number of anilines is 1. The molecule has 6 heteroatoms. The minimum atomic E-state index is -0.427. The molecule has 1 heterocycles. The zero-order chi connectivity index (χ0) is 20.5. The highest BCUT2D eigenvalue weighted by Gasteiger charge is 2.46. The lowest BCUT2D eigenvalue weighted by atomic mass is 10.1. The molecule has 0 bridgehead atoms. The molecule has 1 saturated carbocycles. The van der Waals surface area contributed by atoms with E-state index < -0.39 is 5.25 Å². The van der Waals surface area contributed by atoms with Gasteiger partial charge in [0.25, 0.3) is 0 Å². The maximum atomic E-state index is 13.0. The normalized spacial score (nSPS) is 20.4. The average molecular weight is 408 g/mol. The molecule has 5 nitrogen and oxygen atoms in total. The average Bonchev–Trinajstić information content (AvgIpc) is 3.46. The van der Waals surface area contributed by atoms with Crippen molar-refractivity contribution in [3.63, 3.8) is 0 Å². The third kappa shape index (κ3) is 4.37. The lowest BCUT2D eigenvalue weighted by molar-refractivity contribution is -0.128. The Morgan fingerprint density at radius 3 is 2.38 bits per heavy atom. The van der Waals surface area contributed by atoms with Crippen LogP contribution in [-0.4, -0.2) is 33.2 Å². The largest absolute Gasteiger partial charge is 0.326 e. The number of amides is 2. The van der Waals surface area contributed by atoms with Gasteiger partial charge in [-0.05, 0) is 56.9 Å². The molecule has 1 aliphatic carbocycles. The summed E-state index contributed by atoms with van der Waals surface area (Å²) in [5.41, 5.74) is 4.97. The van der Waals surface area contributed by atoms with Crippen LogP contribution in [0.15, 0.2) is 47.5 Å². The Bertz CT molecular complexity index is 960. The van der Waals surface area contributed by atoms with Gasteiger partial charge in [0.15, 0.2) is 5.17 Å². The Kier molecular flexibility index (Phi) is 5.46. The smallest absolute Gasteiger partial charge is 0.242 e. The first kappa shape index (κ1) is 19.7. The molecule has 2 aromatic carbocycles. The number of benzene rings is 2. The van der Waals surface area contributed by atoms with Gasteiger partial charge in [0, 0.05) is 18.2 Å². The number of hydrogen-bond donors (Lipinski definition) is 1. The molecule has 0 aromatic heterocycles. The van der Waals surface area contributed by atoms with Crippen molar-refractivity contribution in [1.82, 2.24) is 4.90 Å². The summed E-state index contributed by atoms with van der Waals surface area (Å²) in [5, 5.41) is 3.19. The Labute approximate surface area is 175 Å². The molecule has 150 valence electrons. The fraction of sp³-hybridized carbons (Fsp3) is 0.348. The molecule has 1 N–H and O–H groups in total. The number of carbonyl (C=O) groups excluding carboxylic acids is 2. The zero-order valence-corrected chi connectivity index (χ0v) is 17.8. The van der Waals surface area contributed by atoms with Crippen molar-refractivity contribution < 1.29 is 9.59 Å². The molecule has 2 fully saturated rings. The zero-order valence-electron chi connectivity index (χ0n) is 16.9. The number of para-hydroxylation sites is 1. The minimum absolute atomic E-state index is 0.00143. The van der Waals surface area contributed by atoms with Gasteiger partial charge >= 0.3 is 0 Å². The summed E-state index contributed by atoms with van der Waals surface area (Å²) in [6, 6.07) is 14.0. The van der Waals surface area contributed by atoms with Crippen molar-refractivity contribution in [1.29, 1.82) is 0 Å². The number of nitrogens with one attached hydrogen (secondary N) is 1. The van der Waals surface area contributed by atoms with E-state index in [4.69, 9.17) is 4.99 Å². The molecule has 1 unspecified atom stereocenters. The van der Waals surface area contributed by atoms with E-state index in [-0.39, 0.29) is 24.3 Å². The van der Waals surface area contributed by atoms with E-state index >= 15 is 0 Å². The lowest BCUT2D eigenvalue weighted by Crippen LogP contribution is -2.35. The van der Waals surface area contributed by atoms with Gasteiger partial charge in [0.1, 0.15) is 5.25 Å². The highest BCUT2D eigenvalue weighted by molar-refractivity contribution is 8.15. The predicted molar refractivity (Wildman–Crippen MR) is 119 cm³/mol. The van der Waals surface area contributed by atoms with Gasteiger partial charge in [-0.25, -0.2) is 4.99 Å². The van der Waals surface area contributed by atoms with Gasteiger partial charge < -0.3 is 5.32 Å². The number of rotatable bonds is 5. The number of aliphatic imine (C=N–C) groups is 1. The van der Waals surface area contributed by atoms with Crippen molar-refractivity contribution in [2.24, 2.45) is 4.99 Å². The predicted octanol–water partition coefficient (Wildman–Crippen LogP) is 4.73. The first-order chi connectivity index (χ1) is 13.9. The molecular weight excluding hydrogens is 382 g/mol. The second-order valence-corrected chi connectivity index (χ2v) is 8.97. The molecule has 1 aliphatic heterocycles. The maximum absolute atomic E-state index is 13.0. The first-order valence-corrected chi connectivity index (χ1v) is 10.8. The van der Waals surface area contributed by atoms with Crippen LogP contribution in [0.2, 0.25) is 0 Å². The van der Waals surface area contributed by atoms with Crippen LogP contribution in [0.25, 0.3) is 0 Å². The number of aryl methyl sites for hydroxylation is 3. The molecule has 29 heavy (non-hydrogen) atoms. The standard InChI is InChI=1S/C23H25N3O2S/c1-14-7-9-17(10-8-14)24-20(27)13-19-22(28)26(18-11-12-18)23(29-19)25-21-15(2)5-4-6-16(21)3/h4-10,18-19H,11-13H2,1-3H3,(H,24,27). The van der Waals surface area contributed by atoms with E-state index in [2.05, 4.69) is 5.32 Å². The van der Waals surface area contributed by atoms with Crippen LogP contribution in [0, 0.1) is 20.8 Å². The molecule has 0 radical (unpaired) electrons. The van der Waals surface area contributed by atoms with Gasteiger partial charge in [-0.1, -0.05) is 47.7 Å². The van der Waals surface area contributed by atoms with E-state index in [0.717, 1.165) is 46.1 Å². The van der Waals surface area contributed by atoms with E-state index in [1.54, 1.807) is 0 Å². The van der Waals surface area contributed by atoms with Gasteiger partial charge in [0.05, 0.1) is 5.69 Å². The van der Waals surface area contributed by atoms with Crippen LogP contribution in [-0.2, 0) is 9.59 Å². The lowest BCUT2D eigenvalue weighted by Gasteiger charge is -2.16. The molecule has 4 rings (SSSR count). The monoisotopic (exact) mass is 407 g/mol. The summed E-state index contributed by atoms with van der Waals surface area (Å²) in [4.78, 5) is 32.2. The summed E-state index contributed by atoms with van der Waals surface area (Å²) >= 11 is 1.41. The molecule has 0 spiro atoms. The first-order valence-electron chi connectivity index (χ1n) is 9.93. The van der Waals surface area contributed by atoms with E-state index in [1.165, 1.54) is 11.8 Å². The molecular formula is C23H25N3O2S. The fourth-order valence-corrected chi connectivity index (χ4v) is 4.66. The Balaban J connectivity index is 1.52. The summed E-state index contributed by atoms with van der Waals surface area (Å²) in [6.45, 7) is 6.06. The Morgan fingerprint density at radius 1 is 1.10 bits per heavy atom. The van der Waals surface area contributed by atoms with Crippen LogP contribution >= 0.6 is 11.8 Å². The quantitative estimate of drug-likeness (QED) is 0.779.